The molecular formula is C18H28N2. The molecule has 3 rings (SSSR count). The minimum Gasteiger partial charge on any atom is -0.368 e. The number of rotatable bonds is 3. The van der Waals surface area contributed by atoms with Gasteiger partial charge in [0.1, 0.15) is 0 Å². The fourth-order valence-electron chi connectivity index (χ4n) is 4.09. The van der Waals surface area contributed by atoms with Crippen molar-refractivity contribution in [2.75, 3.05) is 18.0 Å². The molecule has 1 fully saturated rings. The lowest BCUT2D eigenvalue weighted by Gasteiger charge is -2.45. The highest BCUT2D eigenvalue weighted by molar-refractivity contribution is 5.56. The number of benzene rings is 1. The number of aryl methyl sites for hydroxylation is 1. The van der Waals surface area contributed by atoms with Crippen LogP contribution in [0.3, 0.4) is 0 Å². The Morgan fingerprint density at radius 2 is 1.95 bits per heavy atom. The standard InChI is InChI=1S/C18H28N2/c1-15-9-10-16-7-3-4-8-17(16)20(15)14-18(13-19)11-5-2-6-12-18/h3-4,7-8,15H,2,5-6,9-14,19H2,1H3. The predicted octanol–water partition coefficient (Wildman–Crippen LogP) is 3.74. The number of nitrogens with zero attached hydrogens (tertiary/aromatic N) is 1. The van der Waals surface area contributed by atoms with E-state index in [0.717, 1.165) is 13.1 Å². The van der Waals surface area contributed by atoms with Gasteiger partial charge in [-0.3, -0.25) is 0 Å². The second-order valence-electron chi connectivity index (χ2n) is 6.91. The molecule has 1 aromatic rings. The summed E-state index contributed by atoms with van der Waals surface area (Å²) in [7, 11) is 0. The molecule has 1 unspecified atom stereocenters. The first kappa shape index (κ1) is 13.9. The molecule has 1 aromatic carbocycles. The van der Waals surface area contributed by atoms with Crippen LogP contribution in [0.5, 0.6) is 0 Å². The van der Waals surface area contributed by atoms with Gasteiger partial charge in [-0.2, -0.15) is 0 Å². The Hall–Kier alpha value is -1.02. The van der Waals surface area contributed by atoms with E-state index in [2.05, 4.69) is 36.1 Å². The van der Waals surface area contributed by atoms with E-state index in [-0.39, 0.29) is 0 Å². The van der Waals surface area contributed by atoms with Gasteiger partial charge in [0.15, 0.2) is 0 Å². The molecule has 0 aromatic heterocycles. The van der Waals surface area contributed by atoms with Gasteiger partial charge in [0.2, 0.25) is 0 Å². The number of fused-ring (bicyclic) bond motifs is 1. The number of nitrogens with two attached hydrogens (primary N) is 1. The first-order valence-corrected chi connectivity index (χ1v) is 8.29. The van der Waals surface area contributed by atoms with Crippen molar-refractivity contribution in [3.05, 3.63) is 29.8 Å². The van der Waals surface area contributed by atoms with Crippen LogP contribution in [0.4, 0.5) is 5.69 Å². The summed E-state index contributed by atoms with van der Waals surface area (Å²) in [6.07, 6.45) is 9.25. The van der Waals surface area contributed by atoms with Crippen molar-refractivity contribution in [1.82, 2.24) is 0 Å². The zero-order valence-corrected chi connectivity index (χ0v) is 12.8. The third-order valence-corrected chi connectivity index (χ3v) is 5.52. The highest BCUT2D eigenvalue weighted by Gasteiger charge is 2.35. The minimum atomic E-state index is 0.358. The Balaban J connectivity index is 1.85. The van der Waals surface area contributed by atoms with Crippen molar-refractivity contribution in [3.63, 3.8) is 0 Å². The van der Waals surface area contributed by atoms with Crippen molar-refractivity contribution in [1.29, 1.82) is 0 Å². The summed E-state index contributed by atoms with van der Waals surface area (Å²) in [5.74, 6) is 0. The third-order valence-electron chi connectivity index (χ3n) is 5.52. The molecule has 0 radical (unpaired) electrons. The molecular weight excluding hydrogens is 244 g/mol. The van der Waals surface area contributed by atoms with Gasteiger partial charge in [0.05, 0.1) is 0 Å². The molecule has 1 aliphatic carbocycles. The van der Waals surface area contributed by atoms with Gasteiger partial charge in [0.25, 0.3) is 0 Å². The van der Waals surface area contributed by atoms with Crippen LogP contribution in [0.15, 0.2) is 24.3 Å². The van der Waals surface area contributed by atoms with Crippen molar-refractivity contribution in [3.8, 4) is 0 Å². The average molecular weight is 272 g/mol. The van der Waals surface area contributed by atoms with Crippen LogP contribution in [0.2, 0.25) is 0 Å². The van der Waals surface area contributed by atoms with Gasteiger partial charge < -0.3 is 10.6 Å². The lowest BCUT2D eigenvalue weighted by molar-refractivity contribution is 0.198. The molecule has 110 valence electrons. The maximum atomic E-state index is 6.19. The lowest BCUT2D eigenvalue weighted by Crippen LogP contribution is -2.48. The number of para-hydroxylation sites is 1. The molecule has 20 heavy (non-hydrogen) atoms. The Kier molecular flexibility index (Phi) is 4.02. The van der Waals surface area contributed by atoms with Crippen LogP contribution < -0.4 is 10.6 Å². The largest absolute Gasteiger partial charge is 0.368 e. The maximum Gasteiger partial charge on any atom is 0.0401 e. The molecule has 1 aliphatic heterocycles. The molecule has 0 spiro atoms. The predicted molar refractivity (Wildman–Crippen MR) is 86.1 cm³/mol. The summed E-state index contributed by atoms with van der Waals surface area (Å²) >= 11 is 0. The van der Waals surface area contributed by atoms with Gasteiger partial charge in [-0.25, -0.2) is 0 Å². The van der Waals surface area contributed by atoms with E-state index in [9.17, 15) is 0 Å². The average Bonchev–Trinajstić information content (AvgIpc) is 2.51. The van der Waals surface area contributed by atoms with Gasteiger partial charge in [-0.15, -0.1) is 0 Å². The van der Waals surface area contributed by atoms with Crippen LogP contribution in [0.1, 0.15) is 51.0 Å². The maximum absolute atomic E-state index is 6.19. The SMILES string of the molecule is CC1CCc2ccccc2N1CC1(CN)CCCCC1. The smallest absolute Gasteiger partial charge is 0.0401 e. The molecule has 1 saturated carbocycles. The first-order valence-electron chi connectivity index (χ1n) is 8.29. The minimum absolute atomic E-state index is 0.358. The van der Waals surface area contributed by atoms with E-state index < -0.39 is 0 Å². The number of hydrogen-bond donors (Lipinski definition) is 1. The topological polar surface area (TPSA) is 29.3 Å². The molecule has 0 amide bonds. The Morgan fingerprint density at radius 1 is 1.20 bits per heavy atom. The molecule has 1 heterocycles. The van der Waals surface area contributed by atoms with E-state index >= 15 is 0 Å². The monoisotopic (exact) mass is 272 g/mol. The number of hydrogen-bond acceptors (Lipinski definition) is 2. The molecule has 1 atom stereocenters. The zero-order valence-electron chi connectivity index (χ0n) is 12.8. The normalized spacial score (nSPS) is 25.3. The highest BCUT2D eigenvalue weighted by atomic mass is 15.2. The summed E-state index contributed by atoms with van der Waals surface area (Å²) < 4.78 is 0. The summed E-state index contributed by atoms with van der Waals surface area (Å²) in [4.78, 5) is 2.65. The lowest BCUT2D eigenvalue weighted by atomic mass is 9.73. The molecule has 2 nitrogen and oxygen atoms in total. The second kappa shape index (κ2) is 5.77. The van der Waals surface area contributed by atoms with Gasteiger partial charge in [-0.1, -0.05) is 37.5 Å². The van der Waals surface area contributed by atoms with Crippen LogP contribution in [-0.4, -0.2) is 19.1 Å². The van der Waals surface area contributed by atoms with Crippen LogP contribution in [0.25, 0.3) is 0 Å². The first-order chi connectivity index (χ1) is 9.74. The van der Waals surface area contributed by atoms with E-state index in [4.69, 9.17) is 5.73 Å². The molecule has 2 N–H and O–H groups in total. The van der Waals surface area contributed by atoms with E-state index in [1.807, 2.05) is 0 Å². The highest BCUT2D eigenvalue weighted by Crippen LogP contribution is 2.40. The fourth-order valence-corrected chi connectivity index (χ4v) is 4.09. The van der Waals surface area contributed by atoms with Gasteiger partial charge in [-0.05, 0) is 50.8 Å². The van der Waals surface area contributed by atoms with Crippen molar-refractivity contribution >= 4 is 5.69 Å². The number of anilines is 1. The Morgan fingerprint density at radius 3 is 2.70 bits per heavy atom. The van der Waals surface area contributed by atoms with Crippen molar-refractivity contribution < 1.29 is 0 Å². The van der Waals surface area contributed by atoms with Gasteiger partial charge >= 0.3 is 0 Å². The quantitative estimate of drug-likeness (QED) is 0.908. The van der Waals surface area contributed by atoms with Crippen LogP contribution in [-0.2, 0) is 6.42 Å². The van der Waals surface area contributed by atoms with Gasteiger partial charge in [0, 0.05) is 23.7 Å². The van der Waals surface area contributed by atoms with E-state index in [1.165, 1.54) is 56.2 Å². The summed E-state index contributed by atoms with van der Waals surface area (Å²) in [6.45, 7) is 4.38. The van der Waals surface area contributed by atoms with Crippen LogP contribution in [0, 0.1) is 5.41 Å². The molecule has 0 bridgehead atoms. The Labute approximate surface area is 123 Å². The Bertz CT molecular complexity index is 448. The summed E-state index contributed by atoms with van der Waals surface area (Å²) in [5, 5.41) is 0. The molecule has 2 heteroatoms. The summed E-state index contributed by atoms with van der Waals surface area (Å²) in [5.41, 5.74) is 9.54. The molecule has 2 aliphatic rings. The van der Waals surface area contributed by atoms with Crippen molar-refractivity contribution in [2.45, 2.75) is 57.9 Å². The van der Waals surface area contributed by atoms with Crippen LogP contribution >= 0.6 is 0 Å². The van der Waals surface area contributed by atoms with Crippen molar-refractivity contribution in [2.24, 2.45) is 11.1 Å². The third kappa shape index (κ3) is 2.58. The molecule has 0 saturated heterocycles. The summed E-state index contributed by atoms with van der Waals surface area (Å²) in [6, 6.07) is 9.60. The second-order valence-corrected chi connectivity index (χ2v) is 6.91. The zero-order chi connectivity index (χ0) is 14.0. The van der Waals surface area contributed by atoms with E-state index in [0.29, 0.717) is 11.5 Å². The fraction of sp³-hybridized carbons (Fsp3) is 0.667. The van der Waals surface area contributed by atoms with E-state index in [1.54, 1.807) is 0 Å².